The summed E-state index contributed by atoms with van der Waals surface area (Å²) in [5.74, 6) is -1.20. The van der Waals surface area contributed by atoms with E-state index in [-0.39, 0.29) is 47.0 Å². The number of thioether (sulfide) groups is 1. The fourth-order valence-electron chi connectivity index (χ4n) is 3.95. The van der Waals surface area contributed by atoms with Crippen molar-refractivity contribution in [1.82, 2.24) is 20.2 Å². The molecule has 2 aromatic carbocycles. The Morgan fingerprint density at radius 2 is 1.89 bits per heavy atom. The first-order chi connectivity index (χ1) is 16.5. The molecule has 1 aromatic heterocycles. The first kappa shape index (κ1) is 24.5. The third kappa shape index (κ3) is 5.37. The van der Waals surface area contributed by atoms with E-state index < -0.39 is 34.8 Å². The van der Waals surface area contributed by atoms with Gasteiger partial charge in [-0.1, -0.05) is 12.1 Å². The van der Waals surface area contributed by atoms with Gasteiger partial charge >= 0.3 is 5.51 Å². The van der Waals surface area contributed by atoms with Crippen molar-refractivity contribution >= 4 is 40.4 Å². The lowest BCUT2D eigenvalue weighted by molar-refractivity contribution is -0.135. The largest absolute Gasteiger partial charge is 0.446 e. The molecule has 0 spiro atoms. The minimum Gasteiger partial charge on any atom is -0.348 e. The topological polar surface area (TPSA) is 110 Å². The molecule has 2 heterocycles. The summed E-state index contributed by atoms with van der Waals surface area (Å²) in [5, 5.41) is 5.12. The number of piperidine rings is 1. The van der Waals surface area contributed by atoms with Crippen LogP contribution >= 0.6 is 11.8 Å². The second kappa shape index (κ2) is 9.53. The maximum absolute atomic E-state index is 13.4. The SMILES string of the molecule is Cc1nc2cccc(CNC(=O)c3ccc(SC(F)(F)F)cc3)c2c(=O)n1C1CCC(=O)NC1=O. The molecule has 12 heteroatoms. The van der Waals surface area contributed by atoms with Gasteiger partial charge in [-0.3, -0.25) is 29.1 Å². The fourth-order valence-corrected chi connectivity index (χ4v) is 4.49. The highest BCUT2D eigenvalue weighted by molar-refractivity contribution is 8.00. The zero-order valence-electron chi connectivity index (χ0n) is 18.3. The second-order valence-corrected chi connectivity index (χ2v) is 9.01. The van der Waals surface area contributed by atoms with Crippen LogP contribution in [0.15, 0.2) is 52.2 Å². The Labute approximate surface area is 200 Å². The standard InChI is InChI=1S/C23H19F3N4O4S/c1-12-28-16-4-2-3-14(19(16)22(34)30(12)17-9-10-18(31)29-21(17)33)11-27-20(32)13-5-7-15(8-6-13)35-23(24,25)26/h2-8,17H,9-11H2,1H3,(H,27,32)(H,29,31,33). The molecule has 1 unspecified atom stereocenters. The molecule has 0 radical (unpaired) electrons. The molecule has 2 N–H and O–H groups in total. The van der Waals surface area contributed by atoms with Crippen LogP contribution < -0.4 is 16.2 Å². The van der Waals surface area contributed by atoms with E-state index in [0.29, 0.717) is 16.9 Å². The van der Waals surface area contributed by atoms with Crippen molar-refractivity contribution in [1.29, 1.82) is 0 Å². The number of nitrogens with zero attached hydrogens (tertiary/aromatic N) is 2. The summed E-state index contributed by atoms with van der Waals surface area (Å²) in [5.41, 5.74) is -3.90. The van der Waals surface area contributed by atoms with E-state index in [1.165, 1.54) is 28.8 Å². The molecule has 8 nitrogen and oxygen atoms in total. The average molecular weight is 504 g/mol. The lowest BCUT2D eigenvalue weighted by Crippen LogP contribution is -2.45. The number of carbonyl (C=O) groups excluding carboxylic acids is 3. The van der Waals surface area contributed by atoms with Gasteiger partial charge in [0, 0.05) is 23.4 Å². The van der Waals surface area contributed by atoms with Crippen molar-refractivity contribution in [2.45, 2.75) is 42.8 Å². The molecule has 4 rings (SSSR count). The Balaban J connectivity index is 1.59. The molecule has 3 aromatic rings. The summed E-state index contributed by atoms with van der Waals surface area (Å²) in [6.45, 7) is 1.55. The first-order valence-electron chi connectivity index (χ1n) is 10.5. The number of aromatic nitrogens is 2. The number of rotatable bonds is 5. The Bertz CT molecular complexity index is 1390. The number of amides is 3. The van der Waals surface area contributed by atoms with E-state index in [4.69, 9.17) is 0 Å². The number of nitrogens with one attached hydrogen (secondary N) is 2. The van der Waals surface area contributed by atoms with Gasteiger partial charge in [-0.25, -0.2) is 4.98 Å². The van der Waals surface area contributed by atoms with Gasteiger partial charge in [0.25, 0.3) is 11.5 Å². The lowest BCUT2D eigenvalue weighted by atomic mass is 10.0. The van der Waals surface area contributed by atoms with E-state index in [0.717, 1.165) is 0 Å². The zero-order chi connectivity index (χ0) is 25.3. The molecule has 182 valence electrons. The molecule has 1 saturated heterocycles. The number of hydrogen-bond donors (Lipinski definition) is 2. The number of benzene rings is 2. The van der Waals surface area contributed by atoms with Crippen LogP contribution in [0.3, 0.4) is 0 Å². The quantitative estimate of drug-likeness (QED) is 0.408. The molecular formula is C23H19F3N4O4S. The van der Waals surface area contributed by atoms with Crippen molar-refractivity contribution in [3.8, 4) is 0 Å². The highest BCUT2D eigenvalue weighted by Gasteiger charge is 2.31. The first-order valence-corrected chi connectivity index (χ1v) is 11.3. The number of halogens is 3. The van der Waals surface area contributed by atoms with Gasteiger partial charge in [0.15, 0.2) is 0 Å². The minimum atomic E-state index is -4.43. The Morgan fingerprint density at radius 3 is 2.54 bits per heavy atom. The summed E-state index contributed by atoms with van der Waals surface area (Å²) in [6.07, 6.45) is 0.262. The van der Waals surface area contributed by atoms with E-state index in [9.17, 15) is 32.3 Å². The lowest BCUT2D eigenvalue weighted by Gasteiger charge is -2.24. The van der Waals surface area contributed by atoms with Crippen molar-refractivity contribution in [3.63, 3.8) is 0 Å². The monoisotopic (exact) mass is 504 g/mol. The van der Waals surface area contributed by atoms with Crippen molar-refractivity contribution in [3.05, 3.63) is 69.8 Å². The summed E-state index contributed by atoms with van der Waals surface area (Å²) in [6, 6.07) is 9.05. The van der Waals surface area contributed by atoms with Crippen LogP contribution in [-0.2, 0) is 16.1 Å². The van der Waals surface area contributed by atoms with E-state index in [1.807, 2.05) is 0 Å². The molecule has 1 aliphatic rings. The van der Waals surface area contributed by atoms with Crippen LogP contribution in [0.4, 0.5) is 13.2 Å². The van der Waals surface area contributed by atoms with Crippen LogP contribution in [0.25, 0.3) is 10.9 Å². The van der Waals surface area contributed by atoms with Crippen LogP contribution in [-0.4, -0.2) is 32.8 Å². The highest BCUT2D eigenvalue weighted by atomic mass is 32.2. The van der Waals surface area contributed by atoms with Crippen LogP contribution in [0.1, 0.15) is 40.6 Å². The van der Waals surface area contributed by atoms with Crippen molar-refractivity contribution < 1.29 is 27.6 Å². The molecular weight excluding hydrogens is 485 g/mol. The maximum atomic E-state index is 13.4. The Hall–Kier alpha value is -3.67. The van der Waals surface area contributed by atoms with Crippen LogP contribution in [0, 0.1) is 6.92 Å². The molecule has 0 aliphatic carbocycles. The Kier molecular flexibility index (Phi) is 6.66. The summed E-state index contributed by atoms with van der Waals surface area (Å²) < 4.78 is 38.7. The average Bonchev–Trinajstić information content (AvgIpc) is 2.78. The van der Waals surface area contributed by atoms with Crippen molar-refractivity contribution in [2.75, 3.05) is 0 Å². The highest BCUT2D eigenvalue weighted by Crippen LogP contribution is 2.36. The van der Waals surface area contributed by atoms with Crippen LogP contribution in [0.2, 0.25) is 0 Å². The van der Waals surface area contributed by atoms with Gasteiger partial charge in [0.05, 0.1) is 10.9 Å². The smallest absolute Gasteiger partial charge is 0.348 e. The van der Waals surface area contributed by atoms with E-state index >= 15 is 0 Å². The van der Waals surface area contributed by atoms with Crippen LogP contribution in [0.5, 0.6) is 0 Å². The van der Waals surface area contributed by atoms with Gasteiger partial charge in [0.2, 0.25) is 11.8 Å². The molecule has 3 amide bonds. The number of hydrogen-bond acceptors (Lipinski definition) is 6. The number of fused-ring (bicyclic) bond motifs is 1. The normalized spacial score (nSPS) is 16.3. The van der Waals surface area contributed by atoms with E-state index in [2.05, 4.69) is 15.6 Å². The maximum Gasteiger partial charge on any atom is 0.446 e. The number of imide groups is 1. The molecule has 0 saturated carbocycles. The summed E-state index contributed by atoms with van der Waals surface area (Å²) >= 11 is -0.274. The molecule has 35 heavy (non-hydrogen) atoms. The minimum absolute atomic E-state index is 0.0430. The van der Waals surface area contributed by atoms with Crippen molar-refractivity contribution in [2.24, 2.45) is 0 Å². The van der Waals surface area contributed by atoms with Gasteiger partial charge < -0.3 is 5.32 Å². The number of alkyl halides is 3. The summed E-state index contributed by atoms with van der Waals surface area (Å²) in [7, 11) is 0. The zero-order valence-corrected chi connectivity index (χ0v) is 19.1. The molecule has 1 atom stereocenters. The number of aryl methyl sites for hydroxylation is 1. The van der Waals surface area contributed by atoms with Gasteiger partial charge in [0.1, 0.15) is 11.9 Å². The van der Waals surface area contributed by atoms with E-state index in [1.54, 1.807) is 25.1 Å². The molecule has 1 aliphatic heterocycles. The fraction of sp³-hybridized carbons (Fsp3) is 0.261. The molecule has 0 bridgehead atoms. The van der Waals surface area contributed by atoms with Gasteiger partial charge in [-0.15, -0.1) is 0 Å². The summed E-state index contributed by atoms with van der Waals surface area (Å²) in [4.78, 5) is 54.2. The third-order valence-electron chi connectivity index (χ3n) is 5.50. The predicted molar refractivity (Wildman–Crippen MR) is 122 cm³/mol. The van der Waals surface area contributed by atoms with Gasteiger partial charge in [-0.05, 0) is 61.0 Å². The Morgan fingerprint density at radius 1 is 1.17 bits per heavy atom. The third-order valence-corrected chi connectivity index (χ3v) is 6.24. The second-order valence-electron chi connectivity index (χ2n) is 7.87. The molecule has 1 fully saturated rings. The number of carbonyl (C=O) groups is 3. The van der Waals surface area contributed by atoms with Gasteiger partial charge in [-0.2, -0.15) is 13.2 Å². The predicted octanol–water partition coefficient (Wildman–Crippen LogP) is 3.22.